The normalized spacial score (nSPS) is 11.0. The quantitative estimate of drug-likeness (QED) is 0.497. The summed E-state index contributed by atoms with van der Waals surface area (Å²) in [5, 5.41) is 8.70. The van der Waals surface area contributed by atoms with Gasteiger partial charge in [-0.25, -0.2) is 18.2 Å². The Morgan fingerprint density at radius 2 is 1.78 bits per heavy atom. The molecular weight excluding hydrogens is 436 g/mol. The van der Waals surface area contributed by atoms with Gasteiger partial charge < -0.3 is 19.3 Å². The fourth-order valence-corrected chi connectivity index (χ4v) is 3.91. The summed E-state index contributed by atoms with van der Waals surface area (Å²) in [7, 11) is -2.35. The van der Waals surface area contributed by atoms with Crippen LogP contribution < -0.4 is 18.9 Å². The topological polar surface area (TPSA) is 124 Å². The number of hydrogen-bond donors (Lipinski definition) is 2. The van der Waals surface area contributed by atoms with Crippen molar-refractivity contribution in [3.05, 3.63) is 65.9 Å². The lowest BCUT2D eigenvalue weighted by atomic mass is 10.2. The molecule has 0 aliphatic rings. The van der Waals surface area contributed by atoms with Gasteiger partial charge in [0.15, 0.2) is 18.1 Å². The van der Waals surface area contributed by atoms with Crippen LogP contribution in [0.2, 0.25) is 0 Å². The number of carboxylic acids is 1. The van der Waals surface area contributed by atoms with E-state index in [4.69, 9.17) is 19.3 Å². The Morgan fingerprint density at radius 3 is 2.41 bits per heavy atom. The first-order chi connectivity index (χ1) is 15.2. The van der Waals surface area contributed by atoms with Crippen LogP contribution in [0.5, 0.6) is 23.1 Å². The minimum Gasteiger partial charge on any atom is -0.493 e. The fourth-order valence-electron chi connectivity index (χ4n) is 2.78. The molecule has 0 bridgehead atoms. The molecule has 32 heavy (non-hydrogen) atoms. The minimum atomic E-state index is -3.89. The number of benzene rings is 2. The van der Waals surface area contributed by atoms with Gasteiger partial charge in [-0.15, -0.1) is 0 Å². The van der Waals surface area contributed by atoms with Gasteiger partial charge in [-0.2, -0.15) is 0 Å². The molecule has 9 nitrogen and oxygen atoms in total. The summed E-state index contributed by atoms with van der Waals surface area (Å²) in [6.45, 7) is 3.05. The lowest BCUT2D eigenvalue weighted by Crippen LogP contribution is -2.14. The zero-order valence-electron chi connectivity index (χ0n) is 17.7. The number of carboxylic acid groups (broad SMARTS) is 1. The molecule has 10 heteroatoms. The summed E-state index contributed by atoms with van der Waals surface area (Å²) in [5.74, 6) is 0.484. The summed E-state index contributed by atoms with van der Waals surface area (Å²) in [4.78, 5) is 14.8. The van der Waals surface area contributed by atoms with Gasteiger partial charge in [0, 0.05) is 6.07 Å². The van der Waals surface area contributed by atoms with Crippen LogP contribution in [0.25, 0.3) is 0 Å². The van der Waals surface area contributed by atoms with E-state index in [0.29, 0.717) is 22.8 Å². The number of anilines is 1. The maximum absolute atomic E-state index is 12.7. The van der Waals surface area contributed by atoms with Crippen molar-refractivity contribution < 1.29 is 32.5 Å². The fraction of sp³-hybridized carbons (Fsp3) is 0.182. The highest BCUT2D eigenvalue weighted by molar-refractivity contribution is 7.92. The first-order valence-electron chi connectivity index (χ1n) is 9.44. The van der Waals surface area contributed by atoms with Crippen LogP contribution in [0.15, 0.2) is 59.6 Å². The smallest absolute Gasteiger partial charge is 0.341 e. The average molecular weight is 458 g/mol. The number of aliphatic carboxylic acids is 1. The molecule has 0 fully saturated rings. The summed E-state index contributed by atoms with van der Waals surface area (Å²) >= 11 is 0. The van der Waals surface area contributed by atoms with Gasteiger partial charge in [-0.3, -0.25) is 4.72 Å². The second kappa shape index (κ2) is 9.56. The molecule has 0 aliphatic heterocycles. The predicted molar refractivity (Wildman–Crippen MR) is 117 cm³/mol. The van der Waals surface area contributed by atoms with E-state index in [9.17, 15) is 13.2 Å². The van der Waals surface area contributed by atoms with Crippen molar-refractivity contribution in [2.24, 2.45) is 0 Å². The highest BCUT2D eigenvalue weighted by Gasteiger charge is 2.17. The van der Waals surface area contributed by atoms with Crippen molar-refractivity contribution in [2.45, 2.75) is 18.7 Å². The van der Waals surface area contributed by atoms with Gasteiger partial charge in [0.05, 0.1) is 23.9 Å². The van der Waals surface area contributed by atoms with Crippen LogP contribution in [0.4, 0.5) is 5.69 Å². The van der Waals surface area contributed by atoms with Gasteiger partial charge in [-0.05, 0) is 61.4 Å². The number of sulfonamides is 1. The van der Waals surface area contributed by atoms with E-state index >= 15 is 0 Å². The molecule has 3 aromatic rings. The van der Waals surface area contributed by atoms with Crippen LogP contribution in [0.1, 0.15) is 11.1 Å². The minimum absolute atomic E-state index is 0.00222. The first-order valence-corrected chi connectivity index (χ1v) is 10.9. The molecule has 0 aliphatic carbocycles. The molecule has 0 spiro atoms. The number of ether oxygens (including phenoxy) is 3. The summed E-state index contributed by atoms with van der Waals surface area (Å²) in [6, 6.07) is 12.7. The van der Waals surface area contributed by atoms with Crippen molar-refractivity contribution in [3.63, 3.8) is 0 Å². The Morgan fingerprint density at radius 1 is 1.03 bits per heavy atom. The second-order valence-corrected chi connectivity index (χ2v) is 8.54. The highest BCUT2D eigenvalue weighted by atomic mass is 32.2. The van der Waals surface area contributed by atoms with E-state index in [0.717, 1.165) is 5.56 Å². The number of nitrogens with one attached hydrogen (secondary N) is 1. The van der Waals surface area contributed by atoms with Crippen molar-refractivity contribution in [2.75, 3.05) is 18.4 Å². The molecule has 0 unspecified atom stereocenters. The third-order valence-electron chi connectivity index (χ3n) is 4.33. The first kappa shape index (κ1) is 22.9. The number of hydrogen-bond acceptors (Lipinski definition) is 7. The van der Waals surface area contributed by atoms with Crippen molar-refractivity contribution in [1.29, 1.82) is 0 Å². The van der Waals surface area contributed by atoms with E-state index in [1.165, 1.54) is 36.5 Å². The van der Waals surface area contributed by atoms with Crippen LogP contribution in [0, 0.1) is 13.8 Å². The zero-order chi connectivity index (χ0) is 23.3. The Hall–Kier alpha value is -3.79. The zero-order valence-corrected chi connectivity index (χ0v) is 18.5. The SMILES string of the molecule is COc1cc(C)ccc1Oc1ccc(NS(=O)(=O)c2ccc(OCC(=O)O)c(C)c2)cn1. The molecule has 1 aromatic heterocycles. The van der Waals surface area contributed by atoms with Crippen molar-refractivity contribution in [3.8, 4) is 23.1 Å². The van der Waals surface area contributed by atoms with E-state index in [1.54, 1.807) is 20.1 Å². The molecule has 1 heterocycles. The monoisotopic (exact) mass is 458 g/mol. The number of rotatable bonds is 9. The Bertz CT molecular complexity index is 1230. The number of nitrogens with zero attached hydrogens (tertiary/aromatic N) is 1. The highest BCUT2D eigenvalue weighted by Crippen LogP contribution is 2.32. The number of aromatic nitrogens is 1. The number of aryl methyl sites for hydroxylation is 2. The molecule has 168 valence electrons. The van der Waals surface area contributed by atoms with Gasteiger partial charge in [0.2, 0.25) is 5.88 Å². The lowest BCUT2D eigenvalue weighted by Gasteiger charge is -2.12. The molecule has 0 atom stereocenters. The van der Waals surface area contributed by atoms with Crippen molar-refractivity contribution >= 4 is 21.7 Å². The summed E-state index contributed by atoms with van der Waals surface area (Å²) in [6.07, 6.45) is 1.34. The van der Waals surface area contributed by atoms with E-state index in [2.05, 4.69) is 9.71 Å². The van der Waals surface area contributed by atoms with E-state index < -0.39 is 22.6 Å². The van der Waals surface area contributed by atoms with Crippen molar-refractivity contribution in [1.82, 2.24) is 4.98 Å². The van der Waals surface area contributed by atoms with Crippen LogP contribution in [-0.4, -0.2) is 38.2 Å². The Balaban J connectivity index is 1.72. The Labute approximate surface area is 185 Å². The van der Waals surface area contributed by atoms with Crippen LogP contribution >= 0.6 is 0 Å². The molecule has 0 amide bonds. The summed E-state index contributed by atoms with van der Waals surface area (Å²) < 4.78 is 44.0. The van der Waals surface area contributed by atoms with Crippen LogP contribution in [0.3, 0.4) is 0 Å². The number of pyridine rings is 1. The molecule has 0 saturated carbocycles. The molecule has 0 saturated heterocycles. The summed E-state index contributed by atoms with van der Waals surface area (Å²) in [5.41, 5.74) is 1.75. The molecule has 2 N–H and O–H groups in total. The molecule has 0 radical (unpaired) electrons. The number of methoxy groups -OCH3 is 1. The van der Waals surface area contributed by atoms with Gasteiger partial charge in [-0.1, -0.05) is 6.07 Å². The van der Waals surface area contributed by atoms with Crippen LogP contribution in [-0.2, 0) is 14.8 Å². The third-order valence-corrected chi connectivity index (χ3v) is 5.71. The van der Waals surface area contributed by atoms with Gasteiger partial charge in [0.1, 0.15) is 5.75 Å². The molecular formula is C22H22N2O7S. The van der Waals surface area contributed by atoms with E-state index in [-0.39, 0.29) is 16.5 Å². The van der Waals surface area contributed by atoms with Gasteiger partial charge >= 0.3 is 5.97 Å². The standard InChI is InChI=1S/C22H22N2O7S/c1-14-4-7-19(20(10-14)29-3)31-21-9-5-16(12-23-21)24-32(27,28)17-6-8-18(15(2)11-17)30-13-22(25)26/h4-12,24H,13H2,1-3H3,(H,25,26). The predicted octanol–water partition coefficient (Wildman–Crippen LogP) is 3.76. The third kappa shape index (κ3) is 5.67. The largest absolute Gasteiger partial charge is 0.493 e. The van der Waals surface area contributed by atoms with Gasteiger partial charge in [0.25, 0.3) is 10.0 Å². The lowest BCUT2D eigenvalue weighted by molar-refractivity contribution is -0.139. The number of carbonyl (C=O) groups is 1. The maximum atomic E-state index is 12.7. The Kier molecular flexibility index (Phi) is 6.84. The molecule has 3 rings (SSSR count). The average Bonchev–Trinajstić information content (AvgIpc) is 2.75. The second-order valence-electron chi connectivity index (χ2n) is 6.86. The maximum Gasteiger partial charge on any atom is 0.341 e. The molecule has 2 aromatic carbocycles. The van der Waals surface area contributed by atoms with E-state index in [1.807, 2.05) is 19.1 Å².